The Bertz CT molecular complexity index is 1060. The number of rotatable bonds is 21. The molecule has 2 aromatic rings. The molecule has 0 N–H and O–H groups in total. The lowest BCUT2D eigenvalue weighted by molar-refractivity contribution is -0.903. The van der Waals surface area contributed by atoms with Crippen molar-refractivity contribution in [3.05, 3.63) is 70.3 Å². The van der Waals surface area contributed by atoms with Gasteiger partial charge in [0.1, 0.15) is 21.6 Å². The van der Waals surface area contributed by atoms with E-state index in [1.807, 2.05) is 0 Å². The molecule has 0 aromatic heterocycles. The number of para-hydroxylation sites is 1. The van der Waals surface area contributed by atoms with Crippen LogP contribution in [0.5, 0.6) is 0 Å². The van der Waals surface area contributed by atoms with Crippen LogP contribution < -0.4 is 0 Å². The average Bonchev–Trinajstić information content (AvgIpc) is 2.93. The fraction of sp³-hybridized carbons (Fsp3) is 0.636. The van der Waals surface area contributed by atoms with Crippen LogP contribution in [0.2, 0.25) is 0 Å². The summed E-state index contributed by atoms with van der Waals surface area (Å²) in [6.07, 6.45) is 23.2. The Labute approximate surface area is 249 Å². The molecule has 0 unspecified atom stereocenters. The quantitative estimate of drug-likeness (QED) is 0.0475. The second-order valence-electron chi connectivity index (χ2n) is 11.8. The van der Waals surface area contributed by atoms with Gasteiger partial charge in [-0.1, -0.05) is 139 Å². The fourth-order valence-electron chi connectivity index (χ4n) is 5.06. The van der Waals surface area contributed by atoms with E-state index in [1.165, 1.54) is 127 Å². The molecule has 0 amide bonds. The molecular formula is C33H54N2O5S. The highest BCUT2D eigenvalue weighted by Gasteiger charge is 2.17. The molecule has 0 spiro atoms. The van der Waals surface area contributed by atoms with Crippen LogP contribution in [-0.4, -0.2) is 43.0 Å². The summed E-state index contributed by atoms with van der Waals surface area (Å²) in [7, 11) is -0.0237. The molecule has 0 saturated heterocycles. The second kappa shape index (κ2) is 21.4. The number of hydrogen-bond donors (Lipinski definition) is 0. The number of hydrogen-bond acceptors (Lipinski definition) is 5. The van der Waals surface area contributed by atoms with Crippen LogP contribution in [0.25, 0.3) is 0 Å². The van der Waals surface area contributed by atoms with Crippen molar-refractivity contribution in [1.82, 2.24) is 0 Å². The molecule has 0 saturated carbocycles. The highest BCUT2D eigenvalue weighted by Crippen LogP contribution is 2.22. The number of unbranched alkanes of at least 4 members (excludes halogenated alkanes) is 15. The Morgan fingerprint density at radius 1 is 0.659 bits per heavy atom. The summed E-state index contributed by atoms with van der Waals surface area (Å²) in [6, 6.07) is 15.3. The molecule has 0 aliphatic heterocycles. The van der Waals surface area contributed by atoms with Crippen LogP contribution >= 0.6 is 0 Å². The lowest BCUT2D eigenvalue weighted by Gasteiger charge is -2.30. The molecule has 232 valence electrons. The third-order valence-electron chi connectivity index (χ3n) is 7.40. The summed E-state index contributed by atoms with van der Waals surface area (Å²) in [6.45, 7) is 4.75. The van der Waals surface area contributed by atoms with Crippen LogP contribution in [0, 0.1) is 10.1 Å². The van der Waals surface area contributed by atoms with Gasteiger partial charge in [0.25, 0.3) is 5.69 Å². The van der Waals surface area contributed by atoms with Crippen molar-refractivity contribution in [2.75, 3.05) is 20.6 Å². The molecule has 0 atom stereocenters. The first-order chi connectivity index (χ1) is 19.6. The predicted octanol–water partition coefficient (Wildman–Crippen LogP) is 9.02. The van der Waals surface area contributed by atoms with Crippen LogP contribution in [0.1, 0.15) is 115 Å². The van der Waals surface area contributed by atoms with E-state index in [0.29, 0.717) is 0 Å². The van der Waals surface area contributed by atoms with Gasteiger partial charge in [-0.05, 0) is 18.9 Å². The van der Waals surface area contributed by atoms with E-state index in [9.17, 15) is 23.1 Å². The summed E-state index contributed by atoms with van der Waals surface area (Å²) >= 11 is 0. The Morgan fingerprint density at radius 2 is 1.07 bits per heavy atom. The van der Waals surface area contributed by atoms with Gasteiger partial charge in [0.05, 0.1) is 25.6 Å². The van der Waals surface area contributed by atoms with E-state index in [-0.39, 0.29) is 0 Å². The summed E-state index contributed by atoms with van der Waals surface area (Å²) in [5.41, 5.74) is 0.765. The predicted molar refractivity (Wildman–Crippen MR) is 168 cm³/mol. The molecule has 0 fully saturated rings. The van der Waals surface area contributed by atoms with Crippen molar-refractivity contribution in [3.63, 3.8) is 0 Å². The first-order valence-electron chi connectivity index (χ1n) is 15.6. The van der Waals surface area contributed by atoms with Crippen LogP contribution in [0.4, 0.5) is 5.69 Å². The Morgan fingerprint density at radius 3 is 1.49 bits per heavy atom. The second-order valence-corrected chi connectivity index (χ2v) is 13.1. The maximum Gasteiger partial charge on any atom is 0.286 e. The molecule has 0 radical (unpaired) electrons. The van der Waals surface area contributed by atoms with Gasteiger partial charge in [-0.2, -0.15) is 0 Å². The van der Waals surface area contributed by atoms with E-state index in [4.69, 9.17) is 0 Å². The van der Waals surface area contributed by atoms with Crippen molar-refractivity contribution in [3.8, 4) is 0 Å². The Balaban J connectivity index is 0.000000537. The van der Waals surface area contributed by atoms with Gasteiger partial charge in [-0.15, -0.1) is 0 Å². The molecule has 0 heterocycles. The largest absolute Gasteiger partial charge is 0.744 e. The van der Waals surface area contributed by atoms with Gasteiger partial charge in [0, 0.05) is 11.6 Å². The van der Waals surface area contributed by atoms with Crippen molar-refractivity contribution in [2.24, 2.45) is 0 Å². The molecular weight excluding hydrogens is 536 g/mol. The van der Waals surface area contributed by atoms with Gasteiger partial charge >= 0.3 is 0 Å². The SMILES string of the molecule is CCCCCCCCCCCCCCCCCC[N+](C)(C)Cc1ccccc1.O=[N+]([O-])c1ccccc1S(=O)(=O)[O-]. The normalized spacial score (nSPS) is 11.6. The first-order valence-corrected chi connectivity index (χ1v) is 17.0. The minimum atomic E-state index is -4.77. The molecule has 2 rings (SSSR count). The topological polar surface area (TPSA) is 100 Å². The lowest BCUT2D eigenvalue weighted by Crippen LogP contribution is -2.39. The maximum absolute atomic E-state index is 10.5. The number of benzene rings is 2. The van der Waals surface area contributed by atoms with Gasteiger partial charge in [0.2, 0.25) is 0 Å². The van der Waals surface area contributed by atoms with E-state index in [2.05, 4.69) is 51.4 Å². The zero-order valence-electron chi connectivity index (χ0n) is 25.8. The fourth-order valence-corrected chi connectivity index (χ4v) is 5.71. The third-order valence-corrected chi connectivity index (χ3v) is 8.29. The highest BCUT2D eigenvalue weighted by atomic mass is 32.2. The minimum absolute atomic E-state index is 0.697. The standard InChI is InChI=1S/C27H50N.C6H5NO5S/c1-4-5-6-7-8-9-10-11-12-13-14-15-16-17-18-22-25-28(2,3)26-27-23-20-19-21-24-27;8-7(9)5-3-1-2-4-6(5)13(10,11)12/h19-21,23-24H,4-18,22,25-26H2,1-3H3;1-4H,(H,10,11,12)/q+1;/p-1. The number of nitro benzene ring substituents is 1. The Kier molecular flexibility index (Phi) is 19.2. The number of nitrogens with zero attached hydrogens (tertiary/aromatic N) is 2. The first kappa shape index (κ1) is 36.7. The summed E-state index contributed by atoms with van der Waals surface area (Å²) < 4.78 is 32.6. The van der Waals surface area contributed by atoms with Gasteiger partial charge < -0.3 is 9.04 Å². The Hall–Kier alpha value is -2.29. The molecule has 8 heteroatoms. The summed E-state index contributed by atoms with van der Waals surface area (Å²) in [5.74, 6) is 0. The minimum Gasteiger partial charge on any atom is -0.744 e. The monoisotopic (exact) mass is 590 g/mol. The molecule has 0 aliphatic carbocycles. The van der Waals surface area contributed by atoms with Crippen LogP contribution in [0.3, 0.4) is 0 Å². The average molecular weight is 591 g/mol. The maximum atomic E-state index is 10.5. The van der Waals surface area contributed by atoms with Crippen molar-refractivity contribution >= 4 is 15.8 Å². The molecule has 0 aliphatic rings. The lowest BCUT2D eigenvalue weighted by atomic mass is 10.0. The zero-order valence-corrected chi connectivity index (χ0v) is 26.6. The van der Waals surface area contributed by atoms with Crippen molar-refractivity contribution in [1.29, 1.82) is 0 Å². The molecule has 7 nitrogen and oxygen atoms in total. The van der Waals surface area contributed by atoms with E-state index < -0.39 is 25.6 Å². The zero-order chi connectivity index (χ0) is 30.4. The van der Waals surface area contributed by atoms with Crippen LogP contribution in [0.15, 0.2) is 59.5 Å². The molecule has 41 heavy (non-hydrogen) atoms. The highest BCUT2D eigenvalue weighted by molar-refractivity contribution is 7.85. The third kappa shape index (κ3) is 18.7. The van der Waals surface area contributed by atoms with Crippen molar-refractivity contribution in [2.45, 2.75) is 121 Å². The van der Waals surface area contributed by atoms with Crippen LogP contribution in [-0.2, 0) is 16.7 Å². The summed E-state index contributed by atoms with van der Waals surface area (Å²) in [5, 5.41) is 10.3. The molecule has 0 bridgehead atoms. The number of quaternary nitrogens is 1. The van der Waals surface area contributed by atoms with E-state index >= 15 is 0 Å². The van der Waals surface area contributed by atoms with Gasteiger partial charge in [-0.3, -0.25) is 10.1 Å². The van der Waals surface area contributed by atoms with Crippen molar-refractivity contribution < 1.29 is 22.4 Å². The van der Waals surface area contributed by atoms with E-state index in [1.54, 1.807) is 0 Å². The number of nitro groups is 1. The van der Waals surface area contributed by atoms with Gasteiger partial charge in [-0.25, -0.2) is 8.42 Å². The molecule has 2 aromatic carbocycles. The van der Waals surface area contributed by atoms with E-state index in [0.717, 1.165) is 23.2 Å². The summed E-state index contributed by atoms with van der Waals surface area (Å²) in [4.78, 5) is 8.55. The smallest absolute Gasteiger partial charge is 0.286 e. The van der Waals surface area contributed by atoms with Gasteiger partial charge in [0.15, 0.2) is 0 Å².